The van der Waals surface area contributed by atoms with Crippen LogP contribution in [0.15, 0.2) is 45.9 Å². The highest BCUT2D eigenvalue weighted by atomic mass is 35.5. The Morgan fingerprint density at radius 2 is 2.08 bits per heavy atom. The number of aromatic hydroxyl groups is 1. The van der Waals surface area contributed by atoms with Crippen molar-refractivity contribution in [2.45, 2.75) is 0 Å². The predicted octanol–water partition coefficient (Wildman–Crippen LogP) is 4.22. The lowest BCUT2D eigenvalue weighted by molar-refractivity contribution is 0.0929. The molecule has 3 aromatic rings. The molecule has 0 atom stereocenters. The number of hydrogen-bond donors (Lipinski definition) is 2. The third-order valence-corrected chi connectivity index (χ3v) is 3.88. The Hall–Kier alpha value is -2.70. The van der Waals surface area contributed by atoms with Crippen LogP contribution in [0.5, 0.6) is 11.5 Å². The SMILES string of the molecule is COc1cc(/C=N/NC(=O)c2cc3cc(Cl)ccc3o2)cc(Cl)c1O. The largest absolute Gasteiger partial charge is 0.503 e. The van der Waals surface area contributed by atoms with Gasteiger partial charge in [0.1, 0.15) is 5.58 Å². The fourth-order valence-electron chi connectivity index (χ4n) is 2.17. The van der Waals surface area contributed by atoms with Gasteiger partial charge < -0.3 is 14.3 Å². The van der Waals surface area contributed by atoms with Gasteiger partial charge in [0, 0.05) is 10.4 Å². The van der Waals surface area contributed by atoms with Gasteiger partial charge in [-0.2, -0.15) is 5.10 Å². The predicted molar refractivity (Wildman–Crippen MR) is 96.0 cm³/mol. The van der Waals surface area contributed by atoms with Gasteiger partial charge in [0.25, 0.3) is 0 Å². The van der Waals surface area contributed by atoms with E-state index in [9.17, 15) is 9.90 Å². The van der Waals surface area contributed by atoms with Gasteiger partial charge in [-0.3, -0.25) is 4.79 Å². The van der Waals surface area contributed by atoms with Crippen LogP contribution in [0, 0.1) is 0 Å². The van der Waals surface area contributed by atoms with Crippen LogP contribution < -0.4 is 10.2 Å². The Balaban J connectivity index is 1.75. The van der Waals surface area contributed by atoms with Crippen LogP contribution in [0.3, 0.4) is 0 Å². The van der Waals surface area contributed by atoms with E-state index in [2.05, 4.69) is 10.5 Å². The number of nitrogens with one attached hydrogen (secondary N) is 1. The van der Waals surface area contributed by atoms with Gasteiger partial charge in [-0.1, -0.05) is 23.2 Å². The number of benzene rings is 2. The van der Waals surface area contributed by atoms with E-state index in [0.29, 0.717) is 16.2 Å². The van der Waals surface area contributed by atoms with Crippen LogP contribution in [0.1, 0.15) is 16.1 Å². The highest BCUT2D eigenvalue weighted by molar-refractivity contribution is 6.32. The molecule has 0 bridgehead atoms. The molecule has 0 radical (unpaired) electrons. The normalized spacial score (nSPS) is 11.2. The number of amides is 1. The summed E-state index contributed by atoms with van der Waals surface area (Å²) in [5.41, 5.74) is 3.44. The lowest BCUT2D eigenvalue weighted by atomic mass is 10.2. The molecule has 1 aromatic heterocycles. The Bertz CT molecular complexity index is 982. The second-order valence-corrected chi connectivity index (χ2v) is 5.89. The molecule has 0 unspecified atom stereocenters. The Morgan fingerprint density at radius 1 is 1.28 bits per heavy atom. The zero-order chi connectivity index (χ0) is 18.0. The molecule has 3 rings (SSSR count). The first-order chi connectivity index (χ1) is 12.0. The van der Waals surface area contributed by atoms with Gasteiger partial charge in [-0.15, -0.1) is 0 Å². The van der Waals surface area contributed by atoms with Crippen molar-refractivity contribution >= 4 is 46.3 Å². The second kappa shape index (κ2) is 7.04. The summed E-state index contributed by atoms with van der Waals surface area (Å²) < 4.78 is 10.4. The van der Waals surface area contributed by atoms with E-state index in [-0.39, 0.29) is 22.3 Å². The molecule has 6 nitrogen and oxygen atoms in total. The molecular formula is C17H12Cl2N2O4. The lowest BCUT2D eigenvalue weighted by Crippen LogP contribution is -2.16. The van der Waals surface area contributed by atoms with Crippen molar-refractivity contribution in [1.82, 2.24) is 5.43 Å². The van der Waals surface area contributed by atoms with Crippen LogP contribution in [-0.4, -0.2) is 24.3 Å². The molecule has 0 aliphatic rings. The van der Waals surface area contributed by atoms with Crippen LogP contribution in [0.2, 0.25) is 10.0 Å². The molecule has 0 aliphatic heterocycles. The van der Waals surface area contributed by atoms with E-state index in [1.165, 1.54) is 25.5 Å². The molecule has 2 aromatic carbocycles. The third kappa shape index (κ3) is 3.70. The fourth-order valence-corrected chi connectivity index (χ4v) is 2.57. The molecule has 1 amide bonds. The quantitative estimate of drug-likeness (QED) is 0.525. The van der Waals surface area contributed by atoms with Crippen molar-refractivity contribution in [1.29, 1.82) is 0 Å². The number of methoxy groups -OCH3 is 1. The monoisotopic (exact) mass is 378 g/mol. The average Bonchev–Trinajstić information content (AvgIpc) is 3.01. The minimum atomic E-state index is -0.514. The molecule has 8 heteroatoms. The number of phenolic OH excluding ortho intramolecular Hbond substituents is 1. The summed E-state index contributed by atoms with van der Waals surface area (Å²) in [4.78, 5) is 12.1. The molecule has 0 saturated carbocycles. The number of carbonyl (C=O) groups excluding carboxylic acids is 1. The van der Waals surface area contributed by atoms with Crippen LogP contribution in [0.25, 0.3) is 11.0 Å². The smallest absolute Gasteiger partial charge is 0.307 e. The van der Waals surface area contributed by atoms with Gasteiger partial charge >= 0.3 is 5.91 Å². The molecule has 0 spiro atoms. The van der Waals surface area contributed by atoms with Crippen molar-refractivity contribution in [3.8, 4) is 11.5 Å². The van der Waals surface area contributed by atoms with Crippen LogP contribution >= 0.6 is 23.2 Å². The highest BCUT2D eigenvalue weighted by Crippen LogP contribution is 2.34. The van der Waals surface area contributed by atoms with Crippen LogP contribution in [0.4, 0.5) is 0 Å². The van der Waals surface area contributed by atoms with E-state index in [0.717, 1.165) is 5.39 Å². The van der Waals surface area contributed by atoms with Crippen molar-refractivity contribution in [3.05, 3.63) is 57.8 Å². The first kappa shape index (κ1) is 17.1. The van der Waals surface area contributed by atoms with Crippen molar-refractivity contribution in [2.75, 3.05) is 7.11 Å². The van der Waals surface area contributed by atoms with Gasteiger partial charge in [0.05, 0.1) is 18.3 Å². The molecule has 0 aliphatic carbocycles. The number of furan rings is 1. The molecule has 25 heavy (non-hydrogen) atoms. The molecule has 0 fully saturated rings. The molecule has 0 saturated heterocycles. The maximum absolute atomic E-state index is 12.1. The van der Waals surface area contributed by atoms with E-state index in [4.69, 9.17) is 32.4 Å². The number of nitrogens with zero attached hydrogens (tertiary/aromatic N) is 1. The van der Waals surface area contributed by atoms with Gasteiger partial charge in [-0.25, -0.2) is 5.43 Å². The number of fused-ring (bicyclic) bond motifs is 1. The molecule has 2 N–H and O–H groups in total. The van der Waals surface area contributed by atoms with E-state index in [1.54, 1.807) is 24.3 Å². The van der Waals surface area contributed by atoms with Crippen LogP contribution in [-0.2, 0) is 0 Å². The first-order valence-electron chi connectivity index (χ1n) is 7.07. The topological polar surface area (TPSA) is 84.1 Å². The zero-order valence-corrected chi connectivity index (χ0v) is 14.4. The van der Waals surface area contributed by atoms with E-state index in [1.807, 2.05) is 0 Å². The van der Waals surface area contributed by atoms with Gasteiger partial charge in [0.15, 0.2) is 17.3 Å². The van der Waals surface area contributed by atoms with E-state index < -0.39 is 5.91 Å². The Kier molecular flexibility index (Phi) is 4.83. The summed E-state index contributed by atoms with van der Waals surface area (Å²) in [7, 11) is 1.40. The number of hydrogen-bond acceptors (Lipinski definition) is 5. The lowest BCUT2D eigenvalue weighted by Gasteiger charge is -2.05. The second-order valence-electron chi connectivity index (χ2n) is 5.05. The first-order valence-corrected chi connectivity index (χ1v) is 7.82. The maximum Gasteiger partial charge on any atom is 0.307 e. The fraction of sp³-hybridized carbons (Fsp3) is 0.0588. The Morgan fingerprint density at radius 3 is 2.84 bits per heavy atom. The van der Waals surface area contributed by atoms with Gasteiger partial charge in [-0.05, 0) is 42.0 Å². The molecule has 128 valence electrons. The third-order valence-electron chi connectivity index (χ3n) is 3.35. The Labute approximate surface area is 152 Å². The highest BCUT2D eigenvalue weighted by Gasteiger charge is 2.12. The summed E-state index contributed by atoms with van der Waals surface area (Å²) >= 11 is 11.8. The molecule has 1 heterocycles. The van der Waals surface area contributed by atoms with Crippen molar-refractivity contribution in [3.63, 3.8) is 0 Å². The minimum absolute atomic E-state index is 0.107. The summed E-state index contributed by atoms with van der Waals surface area (Å²) in [6.07, 6.45) is 1.37. The summed E-state index contributed by atoms with van der Waals surface area (Å²) in [5, 5.41) is 14.9. The standard InChI is InChI=1S/C17H12Cl2N2O4/c1-24-14-5-9(4-12(19)16(14)22)8-20-21-17(23)15-7-10-6-11(18)2-3-13(10)25-15/h2-8,22H,1H3,(H,21,23)/b20-8+. The maximum atomic E-state index is 12.1. The number of phenols is 1. The number of hydrazone groups is 1. The van der Waals surface area contributed by atoms with E-state index >= 15 is 0 Å². The number of rotatable bonds is 4. The summed E-state index contributed by atoms with van der Waals surface area (Å²) in [6, 6.07) is 9.65. The number of carbonyl (C=O) groups is 1. The average molecular weight is 379 g/mol. The minimum Gasteiger partial charge on any atom is -0.503 e. The summed E-state index contributed by atoms with van der Waals surface area (Å²) in [6.45, 7) is 0. The van der Waals surface area contributed by atoms with Crippen molar-refractivity contribution < 1.29 is 19.1 Å². The van der Waals surface area contributed by atoms with Gasteiger partial charge in [0.2, 0.25) is 0 Å². The molecular weight excluding hydrogens is 367 g/mol. The van der Waals surface area contributed by atoms with Crippen molar-refractivity contribution in [2.24, 2.45) is 5.10 Å². The zero-order valence-electron chi connectivity index (χ0n) is 12.9. The number of ether oxygens (including phenoxy) is 1. The number of halogens is 2. The summed E-state index contributed by atoms with van der Waals surface area (Å²) in [5.74, 6) is -0.364.